The molecule has 2 fully saturated rings. The average molecular weight is 288 g/mol. The van der Waals surface area contributed by atoms with Crippen molar-refractivity contribution in [3.8, 4) is 5.75 Å². The van der Waals surface area contributed by atoms with Crippen molar-refractivity contribution >= 4 is 0 Å². The van der Waals surface area contributed by atoms with E-state index in [0.29, 0.717) is 6.04 Å². The molecule has 2 aliphatic rings. The van der Waals surface area contributed by atoms with Gasteiger partial charge in [-0.15, -0.1) is 0 Å². The van der Waals surface area contributed by atoms with Crippen molar-refractivity contribution in [2.75, 3.05) is 26.7 Å². The number of aryl methyl sites for hydroxylation is 2. The van der Waals surface area contributed by atoms with Gasteiger partial charge in [0.1, 0.15) is 5.75 Å². The molecule has 3 nitrogen and oxygen atoms in total. The fraction of sp³-hybridized carbons (Fsp3) is 0.667. The predicted octanol–water partition coefficient (Wildman–Crippen LogP) is 2.98. The number of nitrogens with zero attached hydrogens (tertiary/aromatic N) is 2. The van der Waals surface area contributed by atoms with E-state index in [1.165, 1.54) is 49.2 Å². The minimum atomic E-state index is 0.669. The van der Waals surface area contributed by atoms with Crippen molar-refractivity contribution < 1.29 is 4.74 Å². The van der Waals surface area contributed by atoms with Crippen LogP contribution in [0.1, 0.15) is 36.5 Å². The van der Waals surface area contributed by atoms with Crippen molar-refractivity contribution in [2.45, 2.75) is 52.2 Å². The standard InChI is InChI=1S/C18H28N2O/c1-13-11-18(21-4)14(2)10-16(13)12-20-9-8-19-7-5-6-17(19)15(20)3/h10-11,15,17H,5-9,12H2,1-4H3/t15-,17-/m1/s1. The Morgan fingerprint density at radius 1 is 1.14 bits per heavy atom. The molecule has 3 heteroatoms. The molecule has 0 bridgehead atoms. The molecule has 116 valence electrons. The summed E-state index contributed by atoms with van der Waals surface area (Å²) in [6.07, 6.45) is 2.75. The van der Waals surface area contributed by atoms with Crippen LogP contribution < -0.4 is 4.74 Å². The van der Waals surface area contributed by atoms with Crippen LogP contribution in [0.4, 0.5) is 0 Å². The number of hydrogen-bond donors (Lipinski definition) is 0. The molecule has 0 aliphatic carbocycles. The maximum Gasteiger partial charge on any atom is 0.122 e. The molecule has 2 saturated heterocycles. The number of rotatable bonds is 3. The SMILES string of the molecule is COc1cc(C)c(CN2CCN3CCC[C@@H]3[C@H]2C)cc1C. The number of benzene rings is 1. The largest absolute Gasteiger partial charge is 0.496 e. The van der Waals surface area contributed by atoms with Crippen molar-refractivity contribution in [1.82, 2.24) is 9.80 Å². The summed E-state index contributed by atoms with van der Waals surface area (Å²) in [6.45, 7) is 11.6. The lowest BCUT2D eigenvalue weighted by molar-refractivity contribution is 0.0469. The Morgan fingerprint density at radius 2 is 1.95 bits per heavy atom. The summed E-state index contributed by atoms with van der Waals surface area (Å²) in [6, 6.07) is 5.93. The maximum absolute atomic E-state index is 5.43. The topological polar surface area (TPSA) is 15.7 Å². The second-order valence-corrected chi connectivity index (χ2v) is 6.70. The normalized spacial score (nSPS) is 26.9. The van der Waals surface area contributed by atoms with E-state index in [1.54, 1.807) is 7.11 Å². The molecule has 2 heterocycles. The lowest BCUT2D eigenvalue weighted by Gasteiger charge is -2.43. The van der Waals surface area contributed by atoms with Gasteiger partial charge in [-0.2, -0.15) is 0 Å². The number of hydrogen-bond acceptors (Lipinski definition) is 3. The van der Waals surface area contributed by atoms with Gasteiger partial charge in [-0.05, 0) is 62.9 Å². The van der Waals surface area contributed by atoms with E-state index in [1.807, 2.05) is 0 Å². The van der Waals surface area contributed by atoms with Gasteiger partial charge in [0.05, 0.1) is 7.11 Å². The maximum atomic E-state index is 5.43. The highest BCUT2D eigenvalue weighted by atomic mass is 16.5. The van der Waals surface area contributed by atoms with Crippen LogP contribution in [0.5, 0.6) is 5.75 Å². The molecular weight excluding hydrogens is 260 g/mol. The van der Waals surface area contributed by atoms with Crippen LogP contribution in [0.25, 0.3) is 0 Å². The van der Waals surface area contributed by atoms with Crippen LogP contribution in [-0.2, 0) is 6.54 Å². The third-order valence-electron chi connectivity index (χ3n) is 5.45. The minimum absolute atomic E-state index is 0.669. The Labute approximate surface area is 128 Å². The van der Waals surface area contributed by atoms with Gasteiger partial charge in [0.2, 0.25) is 0 Å². The van der Waals surface area contributed by atoms with Crippen LogP contribution >= 0.6 is 0 Å². The molecule has 0 radical (unpaired) electrons. The Bertz CT molecular complexity index is 514. The highest BCUT2D eigenvalue weighted by Gasteiger charge is 2.36. The first kappa shape index (κ1) is 14.9. The van der Waals surface area contributed by atoms with E-state index in [0.717, 1.165) is 18.3 Å². The summed E-state index contributed by atoms with van der Waals surface area (Å²) in [5.41, 5.74) is 4.04. The molecule has 1 aromatic rings. The number of piperazine rings is 1. The molecule has 0 amide bonds. The van der Waals surface area contributed by atoms with Crippen molar-refractivity contribution in [2.24, 2.45) is 0 Å². The molecule has 2 atom stereocenters. The van der Waals surface area contributed by atoms with Gasteiger partial charge in [0.15, 0.2) is 0 Å². The summed E-state index contributed by atoms with van der Waals surface area (Å²) in [5, 5.41) is 0. The highest BCUT2D eigenvalue weighted by molar-refractivity contribution is 5.41. The van der Waals surface area contributed by atoms with E-state index in [-0.39, 0.29) is 0 Å². The highest BCUT2D eigenvalue weighted by Crippen LogP contribution is 2.29. The first-order valence-electron chi connectivity index (χ1n) is 8.22. The van der Waals surface area contributed by atoms with Gasteiger partial charge in [0.25, 0.3) is 0 Å². The van der Waals surface area contributed by atoms with Crippen LogP contribution in [0, 0.1) is 13.8 Å². The summed E-state index contributed by atoms with van der Waals surface area (Å²) < 4.78 is 5.43. The third-order valence-corrected chi connectivity index (χ3v) is 5.45. The molecule has 21 heavy (non-hydrogen) atoms. The Morgan fingerprint density at radius 3 is 2.71 bits per heavy atom. The fourth-order valence-corrected chi connectivity index (χ4v) is 4.06. The lowest BCUT2D eigenvalue weighted by Crippen LogP contribution is -2.55. The van der Waals surface area contributed by atoms with Crippen molar-refractivity contribution in [3.63, 3.8) is 0 Å². The zero-order valence-electron chi connectivity index (χ0n) is 13.9. The van der Waals surface area contributed by atoms with Crippen molar-refractivity contribution in [3.05, 3.63) is 28.8 Å². The van der Waals surface area contributed by atoms with E-state index in [4.69, 9.17) is 4.74 Å². The molecule has 0 N–H and O–H groups in total. The first-order valence-corrected chi connectivity index (χ1v) is 8.22. The lowest BCUT2D eigenvalue weighted by atomic mass is 9.99. The second kappa shape index (κ2) is 5.98. The molecule has 0 unspecified atom stereocenters. The summed E-state index contributed by atoms with van der Waals surface area (Å²) in [5.74, 6) is 1.00. The summed E-state index contributed by atoms with van der Waals surface area (Å²) in [7, 11) is 1.75. The smallest absolute Gasteiger partial charge is 0.122 e. The monoisotopic (exact) mass is 288 g/mol. The van der Waals surface area contributed by atoms with Gasteiger partial charge in [0, 0.05) is 31.7 Å². The van der Waals surface area contributed by atoms with E-state index >= 15 is 0 Å². The molecule has 0 aromatic heterocycles. The van der Waals surface area contributed by atoms with Gasteiger partial charge < -0.3 is 4.74 Å². The number of methoxy groups -OCH3 is 1. The van der Waals surface area contributed by atoms with E-state index in [2.05, 4.69) is 42.7 Å². The Hall–Kier alpha value is -1.06. The van der Waals surface area contributed by atoms with Gasteiger partial charge in [-0.3, -0.25) is 9.80 Å². The van der Waals surface area contributed by atoms with Crippen LogP contribution in [0.3, 0.4) is 0 Å². The second-order valence-electron chi connectivity index (χ2n) is 6.70. The van der Waals surface area contributed by atoms with Gasteiger partial charge in [-0.1, -0.05) is 6.07 Å². The summed E-state index contributed by atoms with van der Waals surface area (Å²) >= 11 is 0. The molecule has 0 saturated carbocycles. The quantitative estimate of drug-likeness (QED) is 0.850. The Kier molecular flexibility index (Phi) is 4.23. The molecular formula is C18H28N2O. The van der Waals surface area contributed by atoms with Crippen LogP contribution in [0.2, 0.25) is 0 Å². The van der Waals surface area contributed by atoms with Gasteiger partial charge >= 0.3 is 0 Å². The van der Waals surface area contributed by atoms with Gasteiger partial charge in [-0.25, -0.2) is 0 Å². The predicted molar refractivity (Wildman–Crippen MR) is 86.9 cm³/mol. The molecule has 0 spiro atoms. The zero-order chi connectivity index (χ0) is 15.0. The van der Waals surface area contributed by atoms with Crippen LogP contribution in [-0.4, -0.2) is 48.6 Å². The van der Waals surface area contributed by atoms with E-state index in [9.17, 15) is 0 Å². The number of fused-ring (bicyclic) bond motifs is 1. The zero-order valence-corrected chi connectivity index (χ0v) is 13.9. The number of ether oxygens (including phenoxy) is 1. The van der Waals surface area contributed by atoms with Crippen LogP contribution in [0.15, 0.2) is 12.1 Å². The average Bonchev–Trinajstić information content (AvgIpc) is 2.94. The van der Waals surface area contributed by atoms with Crippen molar-refractivity contribution in [1.29, 1.82) is 0 Å². The first-order chi connectivity index (χ1) is 10.1. The summed E-state index contributed by atoms with van der Waals surface area (Å²) in [4.78, 5) is 5.36. The Balaban J connectivity index is 1.76. The third kappa shape index (κ3) is 2.82. The minimum Gasteiger partial charge on any atom is -0.496 e. The molecule has 1 aromatic carbocycles. The molecule has 3 rings (SSSR count). The fourth-order valence-electron chi connectivity index (χ4n) is 4.06. The van der Waals surface area contributed by atoms with E-state index < -0.39 is 0 Å². The molecule has 2 aliphatic heterocycles.